The molecule has 5 aromatic carbocycles. The van der Waals surface area contributed by atoms with Gasteiger partial charge in [-0.1, -0.05) is 66.7 Å². The summed E-state index contributed by atoms with van der Waals surface area (Å²) in [4.78, 5) is 43.0. The number of rotatable bonds is 16. The van der Waals surface area contributed by atoms with Gasteiger partial charge < -0.3 is 39.1 Å². The van der Waals surface area contributed by atoms with Gasteiger partial charge in [0.25, 0.3) is 11.8 Å². The number of aromatic nitrogens is 7. The van der Waals surface area contributed by atoms with Crippen LogP contribution < -0.4 is 14.2 Å². The van der Waals surface area contributed by atoms with Crippen LogP contribution in [0.3, 0.4) is 0 Å². The molecule has 1 fully saturated rings. The largest absolute Gasteiger partial charge is 0.497 e. The quantitative estimate of drug-likeness (QED) is 0.0627. The van der Waals surface area contributed by atoms with Crippen LogP contribution in [0.2, 0.25) is 0 Å². The first kappa shape index (κ1) is 46.8. The van der Waals surface area contributed by atoms with Gasteiger partial charge in [0.15, 0.2) is 0 Å². The summed E-state index contributed by atoms with van der Waals surface area (Å²) in [6.07, 6.45) is 11.0. The average Bonchev–Trinajstić information content (AvgIpc) is 3.83. The van der Waals surface area contributed by atoms with Crippen LogP contribution in [0.25, 0.3) is 66.3 Å². The van der Waals surface area contributed by atoms with Crippen molar-refractivity contribution in [2.45, 2.75) is 32.0 Å². The summed E-state index contributed by atoms with van der Waals surface area (Å²) in [5.41, 5.74) is 11.9. The number of aromatic amines is 4. The minimum atomic E-state index is -0.212. The van der Waals surface area contributed by atoms with E-state index in [0.29, 0.717) is 36.0 Å². The van der Waals surface area contributed by atoms with Gasteiger partial charge in [0.1, 0.15) is 28.6 Å². The lowest BCUT2D eigenvalue weighted by Crippen LogP contribution is -2.33. The normalized spacial score (nSPS) is 12.1. The first-order chi connectivity index (χ1) is 35.3. The fourth-order valence-electron chi connectivity index (χ4n) is 9.13. The van der Waals surface area contributed by atoms with E-state index in [4.69, 9.17) is 14.2 Å². The number of nitrogens with zero attached hydrogens (tertiary/aromatic N) is 5. The number of carbonyl (C=O) groups is 2. The highest BCUT2D eigenvalue weighted by molar-refractivity contribution is 6.11. The monoisotopic (exact) mass is 959 g/mol. The Morgan fingerprint density at radius 2 is 1.15 bits per heavy atom. The van der Waals surface area contributed by atoms with Crippen LogP contribution in [-0.4, -0.2) is 103 Å². The second kappa shape index (κ2) is 21.0. The Bertz CT molecular complexity index is 3470. The van der Waals surface area contributed by atoms with Crippen LogP contribution in [0, 0.1) is 0 Å². The van der Waals surface area contributed by atoms with Gasteiger partial charge in [-0.15, -0.1) is 0 Å². The molecule has 0 aliphatic heterocycles. The van der Waals surface area contributed by atoms with E-state index in [1.54, 1.807) is 44.8 Å². The summed E-state index contributed by atoms with van der Waals surface area (Å²) in [7, 11) is 4.88. The molecule has 5 aromatic heterocycles. The Morgan fingerprint density at radius 1 is 0.597 bits per heavy atom. The van der Waals surface area contributed by atoms with Gasteiger partial charge in [-0.25, -0.2) is 0 Å². The van der Waals surface area contributed by atoms with Crippen molar-refractivity contribution in [1.29, 1.82) is 0 Å². The van der Waals surface area contributed by atoms with E-state index in [9.17, 15) is 14.7 Å². The van der Waals surface area contributed by atoms with Crippen molar-refractivity contribution in [1.82, 2.24) is 45.1 Å². The van der Waals surface area contributed by atoms with Crippen LogP contribution in [0.15, 0.2) is 158 Å². The van der Waals surface area contributed by atoms with Crippen molar-refractivity contribution in [2.75, 3.05) is 34.5 Å². The summed E-state index contributed by atoms with van der Waals surface area (Å²) in [5.74, 6) is 1.93. The SMILES string of the molecule is COc1cccc(-c2c(C(=O)N(Cc3ccccn3)C3CC3)[nH]c3cc(-c4cn[nH]c4)ccc23)c1.COc1cccc(CN(CCO)C(=O)c2[nH]c3cc(-c4cn[nH]c4)ccc3c2-c2cccc(OC)c2)c1. The fourth-order valence-corrected chi connectivity index (χ4v) is 9.13. The van der Waals surface area contributed by atoms with Gasteiger partial charge in [0, 0.05) is 81.8 Å². The zero-order chi connectivity index (χ0) is 49.6. The number of amides is 2. The first-order valence-electron chi connectivity index (χ1n) is 23.6. The molecular formula is C57H53N9O6. The molecular weight excluding hydrogens is 907 g/mol. The maximum Gasteiger partial charge on any atom is 0.271 e. The molecule has 0 spiro atoms. The van der Waals surface area contributed by atoms with E-state index in [0.717, 1.165) is 96.2 Å². The summed E-state index contributed by atoms with van der Waals surface area (Å²) >= 11 is 0. The minimum Gasteiger partial charge on any atom is -0.497 e. The summed E-state index contributed by atoms with van der Waals surface area (Å²) < 4.78 is 16.3. The standard InChI is InChI=1S/C29H28N4O4.C28H25N5O2/c1-36-23-7-3-5-19(13-23)18-33(11-12-34)29(35)28-27(21-6-4-8-24(14-21)37-2)25-10-9-20(15-26(25)32-28)22-16-30-31-17-22;1-35-23-7-4-5-19(13-23)26-24-11-8-18(20-15-30-31-16-20)14-25(24)32-27(26)28(34)33(22-9-10-22)17-21-6-2-3-12-29-21/h3-10,13-17,32,34H,11-12,18H2,1-2H3,(H,30,31);2-8,11-16,22,32H,9-10,17H2,1H3,(H,30,31). The third kappa shape index (κ3) is 9.91. The van der Waals surface area contributed by atoms with Crippen molar-refractivity contribution in [3.05, 3.63) is 181 Å². The molecule has 362 valence electrons. The number of carbonyl (C=O) groups excluding carboxylic acids is 2. The Hall–Kier alpha value is -8.95. The Balaban J connectivity index is 0.000000166. The number of pyridine rings is 1. The Labute approximate surface area is 415 Å². The van der Waals surface area contributed by atoms with Gasteiger partial charge in [-0.3, -0.25) is 24.8 Å². The lowest BCUT2D eigenvalue weighted by molar-refractivity contribution is 0.0701. The molecule has 10 aromatic rings. The second-order valence-corrected chi connectivity index (χ2v) is 17.5. The number of aliphatic hydroxyl groups is 1. The van der Waals surface area contributed by atoms with E-state index in [1.807, 2.05) is 126 Å². The Morgan fingerprint density at radius 3 is 1.65 bits per heavy atom. The smallest absolute Gasteiger partial charge is 0.271 e. The van der Waals surface area contributed by atoms with E-state index in [1.165, 1.54) is 0 Å². The van der Waals surface area contributed by atoms with Crippen molar-refractivity contribution >= 4 is 33.6 Å². The number of aliphatic hydroxyl groups excluding tert-OH is 1. The molecule has 0 unspecified atom stereocenters. The molecule has 5 heterocycles. The highest BCUT2D eigenvalue weighted by Gasteiger charge is 2.35. The van der Waals surface area contributed by atoms with Gasteiger partial charge >= 0.3 is 0 Å². The topological polar surface area (TPSA) is 190 Å². The molecule has 11 rings (SSSR count). The molecule has 1 saturated carbocycles. The van der Waals surface area contributed by atoms with Gasteiger partial charge in [0.2, 0.25) is 0 Å². The number of fused-ring (bicyclic) bond motifs is 2. The van der Waals surface area contributed by atoms with Crippen LogP contribution in [0.5, 0.6) is 17.2 Å². The number of H-pyrrole nitrogens is 4. The third-order valence-electron chi connectivity index (χ3n) is 12.9. The van der Waals surface area contributed by atoms with Crippen molar-refractivity contribution in [3.8, 4) is 61.8 Å². The van der Waals surface area contributed by atoms with E-state index in [-0.39, 0.29) is 31.0 Å². The van der Waals surface area contributed by atoms with Gasteiger partial charge in [-0.05, 0) is 101 Å². The lowest BCUT2D eigenvalue weighted by Gasteiger charge is -2.22. The van der Waals surface area contributed by atoms with E-state index < -0.39 is 0 Å². The number of methoxy groups -OCH3 is 3. The number of hydrogen-bond acceptors (Lipinski definition) is 9. The third-order valence-corrected chi connectivity index (χ3v) is 12.9. The zero-order valence-corrected chi connectivity index (χ0v) is 40.1. The van der Waals surface area contributed by atoms with Crippen molar-refractivity contribution < 1.29 is 28.9 Å². The molecule has 0 atom stereocenters. The molecule has 2 amide bonds. The maximum absolute atomic E-state index is 14.1. The predicted molar refractivity (Wildman–Crippen MR) is 278 cm³/mol. The van der Waals surface area contributed by atoms with Crippen LogP contribution >= 0.6 is 0 Å². The molecule has 1 aliphatic rings. The Kier molecular flexibility index (Phi) is 13.6. The molecule has 1 aliphatic carbocycles. The molecule has 0 radical (unpaired) electrons. The summed E-state index contributed by atoms with van der Waals surface area (Å²) in [6.45, 7) is 0.833. The van der Waals surface area contributed by atoms with E-state index >= 15 is 0 Å². The second-order valence-electron chi connectivity index (χ2n) is 17.5. The number of nitrogens with one attached hydrogen (secondary N) is 4. The average molecular weight is 960 g/mol. The zero-order valence-electron chi connectivity index (χ0n) is 40.1. The molecule has 72 heavy (non-hydrogen) atoms. The fraction of sp³-hybridized carbons (Fsp3) is 0.175. The van der Waals surface area contributed by atoms with Crippen LogP contribution in [0.4, 0.5) is 0 Å². The molecule has 0 saturated heterocycles. The highest BCUT2D eigenvalue weighted by atomic mass is 16.5. The number of hydrogen-bond donors (Lipinski definition) is 5. The predicted octanol–water partition coefficient (Wildman–Crippen LogP) is 10.3. The van der Waals surface area contributed by atoms with Gasteiger partial charge in [-0.2, -0.15) is 10.2 Å². The number of ether oxygens (including phenoxy) is 3. The van der Waals surface area contributed by atoms with Crippen LogP contribution in [-0.2, 0) is 13.1 Å². The molecule has 15 heteroatoms. The maximum atomic E-state index is 14.1. The first-order valence-corrected chi connectivity index (χ1v) is 23.6. The minimum absolute atomic E-state index is 0.0166. The van der Waals surface area contributed by atoms with E-state index in [2.05, 4.69) is 53.5 Å². The van der Waals surface area contributed by atoms with Gasteiger partial charge in [0.05, 0.1) is 52.6 Å². The highest BCUT2D eigenvalue weighted by Crippen LogP contribution is 2.40. The number of benzene rings is 5. The molecule has 5 N–H and O–H groups in total. The van der Waals surface area contributed by atoms with Crippen LogP contribution in [0.1, 0.15) is 45.1 Å². The molecule has 0 bridgehead atoms. The van der Waals surface area contributed by atoms with Crippen molar-refractivity contribution in [2.24, 2.45) is 0 Å². The lowest BCUT2D eigenvalue weighted by atomic mass is 9.99. The summed E-state index contributed by atoms with van der Waals surface area (Å²) in [5, 5.41) is 25.5. The summed E-state index contributed by atoms with van der Waals surface area (Å²) in [6, 6.07) is 41.4. The molecule has 15 nitrogen and oxygen atoms in total. The van der Waals surface area contributed by atoms with Crippen molar-refractivity contribution in [3.63, 3.8) is 0 Å².